The molecule has 0 saturated heterocycles. The third kappa shape index (κ3) is 1.39. The van der Waals surface area contributed by atoms with Crippen molar-refractivity contribution in [1.29, 1.82) is 0 Å². The van der Waals surface area contributed by atoms with Crippen molar-refractivity contribution in [2.24, 2.45) is 12.8 Å². The lowest BCUT2D eigenvalue weighted by molar-refractivity contribution is 0.0593. The van der Waals surface area contributed by atoms with Crippen molar-refractivity contribution in [3.8, 4) is 0 Å². The van der Waals surface area contributed by atoms with Crippen LogP contribution >= 0.6 is 0 Å². The lowest BCUT2D eigenvalue weighted by atomic mass is 10.2. The fraction of sp³-hybridized carbons (Fsp3) is 0.556. The Morgan fingerprint density at radius 2 is 2.43 bits per heavy atom. The van der Waals surface area contributed by atoms with Crippen molar-refractivity contribution >= 4 is 5.97 Å². The number of rotatable bonds is 2. The van der Waals surface area contributed by atoms with Gasteiger partial charge in [-0.3, -0.25) is 4.68 Å². The molecule has 2 atom stereocenters. The van der Waals surface area contributed by atoms with Gasteiger partial charge in [0.1, 0.15) is 0 Å². The Labute approximate surface area is 81.8 Å². The van der Waals surface area contributed by atoms with Gasteiger partial charge in [0.2, 0.25) is 0 Å². The maximum Gasteiger partial charge on any atom is 0.358 e. The fourth-order valence-corrected chi connectivity index (χ4v) is 1.59. The van der Waals surface area contributed by atoms with E-state index in [-0.39, 0.29) is 6.04 Å². The summed E-state index contributed by atoms with van der Waals surface area (Å²) in [6.07, 6.45) is 0.972. The molecular weight excluding hydrogens is 182 g/mol. The van der Waals surface area contributed by atoms with E-state index in [0.717, 1.165) is 12.1 Å². The molecule has 1 aliphatic carbocycles. The van der Waals surface area contributed by atoms with Crippen LogP contribution in [0.5, 0.6) is 0 Å². The van der Waals surface area contributed by atoms with E-state index in [0.29, 0.717) is 11.6 Å². The minimum absolute atomic E-state index is 0.218. The predicted molar refractivity (Wildman–Crippen MR) is 49.9 cm³/mol. The molecular formula is C9H13N3O2. The molecule has 76 valence electrons. The SMILES string of the molecule is COC(=O)c1cc([C@@H]2C[C@H]2N)n(C)n1. The van der Waals surface area contributed by atoms with Crippen LogP contribution in [-0.4, -0.2) is 28.9 Å². The number of carbonyl (C=O) groups excluding carboxylic acids is 1. The van der Waals surface area contributed by atoms with Crippen LogP contribution in [0.25, 0.3) is 0 Å². The van der Waals surface area contributed by atoms with Crippen molar-refractivity contribution < 1.29 is 9.53 Å². The summed E-state index contributed by atoms with van der Waals surface area (Å²) in [6.45, 7) is 0. The number of methoxy groups -OCH3 is 1. The van der Waals surface area contributed by atoms with Crippen molar-refractivity contribution in [3.63, 3.8) is 0 Å². The highest BCUT2D eigenvalue weighted by Crippen LogP contribution is 2.38. The molecule has 0 amide bonds. The summed E-state index contributed by atoms with van der Waals surface area (Å²) in [7, 11) is 3.16. The Kier molecular flexibility index (Phi) is 2.03. The molecule has 5 heteroatoms. The van der Waals surface area contributed by atoms with E-state index in [2.05, 4.69) is 9.84 Å². The zero-order chi connectivity index (χ0) is 10.3. The van der Waals surface area contributed by atoms with Crippen molar-refractivity contribution in [3.05, 3.63) is 17.5 Å². The Morgan fingerprint density at radius 1 is 1.79 bits per heavy atom. The van der Waals surface area contributed by atoms with E-state index in [1.54, 1.807) is 10.7 Å². The second kappa shape index (κ2) is 3.09. The zero-order valence-electron chi connectivity index (χ0n) is 8.23. The topological polar surface area (TPSA) is 70.1 Å². The molecule has 1 aromatic rings. The Balaban J connectivity index is 2.26. The first-order valence-electron chi connectivity index (χ1n) is 4.51. The first-order valence-corrected chi connectivity index (χ1v) is 4.51. The Morgan fingerprint density at radius 3 is 2.93 bits per heavy atom. The summed E-state index contributed by atoms with van der Waals surface area (Å²) in [6, 6.07) is 1.97. The molecule has 0 aliphatic heterocycles. The zero-order valence-corrected chi connectivity index (χ0v) is 8.23. The number of esters is 1. The normalized spacial score (nSPS) is 24.8. The molecule has 0 bridgehead atoms. The Bertz CT molecular complexity index is 372. The quantitative estimate of drug-likeness (QED) is 0.675. The summed E-state index contributed by atoms with van der Waals surface area (Å²) in [5.41, 5.74) is 7.09. The van der Waals surface area contributed by atoms with Gasteiger partial charge in [0.25, 0.3) is 0 Å². The van der Waals surface area contributed by atoms with Gasteiger partial charge in [-0.05, 0) is 12.5 Å². The summed E-state index contributed by atoms with van der Waals surface area (Å²) in [5, 5.41) is 4.06. The molecule has 1 fully saturated rings. The molecule has 1 aliphatic rings. The number of carbonyl (C=O) groups is 1. The van der Waals surface area contributed by atoms with Gasteiger partial charge in [0, 0.05) is 24.7 Å². The van der Waals surface area contributed by atoms with Gasteiger partial charge in [-0.1, -0.05) is 0 Å². The molecule has 0 spiro atoms. The highest BCUT2D eigenvalue weighted by molar-refractivity contribution is 5.87. The third-order valence-electron chi connectivity index (χ3n) is 2.53. The lowest BCUT2D eigenvalue weighted by Gasteiger charge is -1.96. The highest BCUT2D eigenvalue weighted by atomic mass is 16.5. The van der Waals surface area contributed by atoms with Crippen molar-refractivity contribution in [2.75, 3.05) is 7.11 Å². The van der Waals surface area contributed by atoms with E-state index in [1.807, 2.05) is 7.05 Å². The highest BCUT2D eigenvalue weighted by Gasteiger charge is 2.37. The van der Waals surface area contributed by atoms with Crippen LogP contribution in [0.15, 0.2) is 6.07 Å². The number of hydrogen-bond acceptors (Lipinski definition) is 4. The molecule has 0 radical (unpaired) electrons. The average molecular weight is 195 g/mol. The van der Waals surface area contributed by atoms with Crippen LogP contribution in [-0.2, 0) is 11.8 Å². The predicted octanol–water partition coefficient (Wildman–Crippen LogP) is 0.0213. The molecule has 1 aromatic heterocycles. The van der Waals surface area contributed by atoms with E-state index >= 15 is 0 Å². The van der Waals surface area contributed by atoms with Gasteiger partial charge in [-0.15, -0.1) is 0 Å². The Hall–Kier alpha value is -1.36. The van der Waals surface area contributed by atoms with Crippen LogP contribution in [0, 0.1) is 0 Å². The fourth-order valence-electron chi connectivity index (χ4n) is 1.59. The standard InChI is InChI=1S/C9H13N3O2/c1-12-8(5-3-6(5)10)4-7(11-12)9(13)14-2/h4-6H,3,10H2,1-2H3/t5-,6-/m1/s1. The average Bonchev–Trinajstić information content (AvgIpc) is 2.74. The van der Waals surface area contributed by atoms with Gasteiger partial charge in [-0.25, -0.2) is 4.79 Å². The van der Waals surface area contributed by atoms with E-state index in [9.17, 15) is 4.79 Å². The van der Waals surface area contributed by atoms with Crippen LogP contribution in [0.1, 0.15) is 28.5 Å². The van der Waals surface area contributed by atoms with Gasteiger partial charge >= 0.3 is 5.97 Å². The van der Waals surface area contributed by atoms with Crippen LogP contribution in [0.2, 0.25) is 0 Å². The minimum Gasteiger partial charge on any atom is -0.464 e. The maximum atomic E-state index is 11.2. The molecule has 2 N–H and O–H groups in total. The first kappa shape index (κ1) is 9.21. The van der Waals surface area contributed by atoms with Gasteiger partial charge in [0.05, 0.1) is 7.11 Å². The van der Waals surface area contributed by atoms with Gasteiger partial charge < -0.3 is 10.5 Å². The molecule has 1 saturated carbocycles. The number of nitrogens with two attached hydrogens (primary N) is 1. The van der Waals surface area contributed by atoms with E-state index < -0.39 is 5.97 Å². The molecule has 14 heavy (non-hydrogen) atoms. The van der Waals surface area contributed by atoms with E-state index in [4.69, 9.17) is 5.73 Å². The number of nitrogens with zero attached hydrogens (tertiary/aromatic N) is 2. The first-order chi connectivity index (χ1) is 6.63. The molecule has 1 heterocycles. The third-order valence-corrected chi connectivity index (χ3v) is 2.53. The van der Waals surface area contributed by atoms with Crippen LogP contribution in [0.4, 0.5) is 0 Å². The molecule has 0 unspecified atom stereocenters. The molecule has 5 nitrogen and oxygen atoms in total. The molecule has 2 rings (SSSR count). The number of hydrogen-bond donors (Lipinski definition) is 1. The summed E-state index contributed by atoms with van der Waals surface area (Å²) >= 11 is 0. The van der Waals surface area contributed by atoms with Gasteiger partial charge in [-0.2, -0.15) is 5.10 Å². The van der Waals surface area contributed by atoms with Crippen LogP contribution < -0.4 is 5.73 Å². The number of aromatic nitrogens is 2. The van der Waals surface area contributed by atoms with E-state index in [1.165, 1.54) is 7.11 Å². The second-order valence-corrected chi connectivity index (χ2v) is 3.58. The van der Waals surface area contributed by atoms with Gasteiger partial charge in [0.15, 0.2) is 5.69 Å². The summed E-state index contributed by atoms with van der Waals surface area (Å²) < 4.78 is 6.28. The smallest absolute Gasteiger partial charge is 0.358 e. The second-order valence-electron chi connectivity index (χ2n) is 3.58. The molecule has 0 aromatic carbocycles. The van der Waals surface area contributed by atoms with Crippen molar-refractivity contribution in [1.82, 2.24) is 9.78 Å². The van der Waals surface area contributed by atoms with Crippen molar-refractivity contribution in [2.45, 2.75) is 18.4 Å². The number of ether oxygens (including phenoxy) is 1. The monoisotopic (exact) mass is 195 g/mol. The lowest BCUT2D eigenvalue weighted by Crippen LogP contribution is -2.05. The van der Waals surface area contributed by atoms with Crippen LogP contribution in [0.3, 0.4) is 0 Å². The summed E-state index contributed by atoms with van der Waals surface area (Å²) in [4.78, 5) is 11.2. The number of aryl methyl sites for hydroxylation is 1. The minimum atomic E-state index is -0.402. The maximum absolute atomic E-state index is 11.2. The largest absolute Gasteiger partial charge is 0.464 e. The summed E-state index contributed by atoms with van der Waals surface area (Å²) in [5.74, 6) is -0.0491.